The molecular formula is C12H7ClN2O6. The Morgan fingerprint density at radius 1 is 1.29 bits per heavy atom. The van der Waals surface area contributed by atoms with Gasteiger partial charge in [0.05, 0.1) is 10.5 Å². The smallest absolute Gasteiger partial charge is 0.335 e. The Morgan fingerprint density at radius 2 is 2.00 bits per heavy atom. The first-order chi connectivity index (χ1) is 9.88. The molecule has 108 valence electrons. The number of nitrogens with zero attached hydrogens (tertiary/aromatic N) is 1. The van der Waals surface area contributed by atoms with Crippen LogP contribution in [0.25, 0.3) is 0 Å². The molecule has 0 aliphatic heterocycles. The second-order valence-electron chi connectivity index (χ2n) is 3.85. The number of aromatic carboxylic acids is 1. The van der Waals surface area contributed by atoms with Crippen LogP contribution < -0.4 is 5.32 Å². The van der Waals surface area contributed by atoms with Crippen LogP contribution in [0, 0.1) is 10.1 Å². The maximum absolute atomic E-state index is 11.8. The van der Waals surface area contributed by atoms with Crippen molar-refractivity contribution in [2.24, 2.45) is 0 Å². The van der Waals surface area contributed by atoms with Crippen LogP contribution in [0.5, 0.6) is 0 Å². The van der Waals surface area contributed by atoms with Crippen LogP contribution in [0.2, 0.25) is 5.22 Å². The molecule has 0 fully saturated rings. The minimum absolute atomic E-state index is 0.00382. The van der Waals surface area contributed by atoms with E-state index < -0.39 is 22.5 Å². The summed E-state index contributed by atoms with van der Waals surface area (Å²) in [5.41, 5.74) is -0.954. The summed E-state index contributed by atoms with van der Waals surface area (Å²) in [6.45, 7) is 0. The van der Waals surface area contributed by atoms with E-state index in [0.717, 1.165) is 18.2 Å². The molecule has 0 atom stereocenters. The van der Waals surface area contributed by atoms with Gasteiger partial charge >= 0.3 is 5.97 Å². The maximum Gasteiger partial charge on any atom is 0.335 e. The average molecular weight is 311 g/mol. The van der Waals surface area contributed by atoms with E-state index >= 15 is 0 Å². The van der Waals surface area contributed by atoms with Crippen molar-refractivity contribution in [3.8, 4) is 0 Å². The third-order valence-electron chi connectivity index (χ3n) is 2.49. The van der Waals surface area contributed by atoms with E-state index in [1.807, 2.05) is 0 Å². The van der Waals surface area contributed by atoms with Gasteiger partial charge in [-0.15, -0.1) is 0 Å². The van der Waals surface area contributed by atoms with E-state index in [1.54, 1.807) is 0 Å². The second kappa shape index (κ2) is 5.63. The lowest BCUT2D eigenvalue weighted by Crippen LogP contribution is -2.12. The summed E-state index contributed by atoms with van der Waals surface area (Å²) in [7, 11) is 0. The van der Waals surface area contributed by atoms with Crippen molar-refractivity contribution >= 4 is 34.9 Å². The summed E-state index contributed by atoms with van der Waals surface area (Å²) >= 11 is 5.52. The number of hydrogen-bond donors (Lipinski definition) is 2. The number of nitro benzene ring substituents is 1. The van der Waals surface area contributed by atoms with E-state index in [9.17, 15) is 19.7 Å². The number of carbonyl (C=O) groups excluding carboxylic acids is 1. The highest BCUT2D eigenvalue weighted by Crippen LogP contribution is 2.26. The zero-order valence-electron chi connectivity index (χ0n) is 10.2. The largest absolute Gasteiger partial charge is 0.478 e. The molecule has 0 aliphatic rings. The summed E-state index contributed by atoms with van der Waals surface area (Å²) in [5.74, 6) is -2.18. The van der Waals surface area contributed by atoms with Gasteiger partial charge in [0.15, 0.2) is 11.0 Å². The Hall–Kier alpha value is -2.87. The molecule has 0 aliphatic carbocycles. The molecule has 1 amide bonds. The van der Waals surface area contributed by atoms with Crippen LogP contribution in [0.1, 0.15) is 20.9 Å². The third-order valence-corrected chi connectivity index (χ3v) is 2.69. The van der Waals surface area contributed by atoms with E-state index in [0.29, 0.717) is 0 Å². The van der Waals surface area contributed by atoms with E-state index in [4.69, 9.17) is 21.1 Å². The fraction of sp³-hybridized carbons (Fsp3) is 0. The number of carbonyl (C=O) groups is 2. The van der Waals surface area contributed by atoms with Gasteiger partial charge in [-0.2, -0.15) is 0 Å². The minimum atomic E-state index is -1.31. The first-order valence-corrected chi connectivity index (χ1v) is 5.84. The Morgan fingerprint density at radius 3 is 2.52 bits per heavy atom. The number of furan rings is 1. The van der Waals surface area contributed by atoms with Gasteiger partial charge in [0, 0.05) is 6.07 Å². The molecule has 0 bridgehead atoms. The van der Waals surface area contributed by atoms with Crippen LogP contribution in [0.15, 0.2) is 34.7 Å². The Labute approximate surface area is 122 Å². The van der Waals surface area contributed by atoms with E-state index in [2.05, 4.69) is 5.32 Å². The zero-order chi connectivity index (χ0) is 15.6. The van der Waals surface area contributed by atoms with Gasteiger partial charge in [0.1, 0.15) is 5.69 Å². The standard InChI is InChI=1S/C12H7ClN2O6/c13-10-4-3-9(21-10)11(16)14-7-2-1-6(12(17)18)5-8(7)15(19)20/h1-5H,(H,14,16)(H,17,18). The van der Waals surface area contributed by atoms with Crippen molar-refractivity contribution in [2.75, 3.05) is 5.32 Å². The van der Waals surface area contributed by atoms with Crippen molar-refractivity contribution < 1.29 is 24.0 Å². The number of nitrogens with one attached hydrogen (secondary N) is 1. The number of benzene rings is 1. The molecule has 0 spiro atoms. The number of carboxylic acid groups (broad SMARTS) is 1. The highest BCUT2D eigenvalue weighted by molar-refractivity contribution is 6.29. The highest BCUT2D eigenvalue weighted by atomic mass is 35.5. The molecule has 0 saturated heterocycles. The molecule has 0 radical (unpaired) electrons. The number of carboxylic acids is 1. The molecule has 2 N–H and O–H groups in total. The number of nitro groups is 1. The van der Waals surface area contributed by atoms with Crippen molar-refractivity contribution in [1.82, 2.24) is 0 Å². The monoisotopic (exact) mass is 310 g/mol. The Kier molecular flexibility index (Phi) is 3.90. The summed E-state index contributed by atoms with van der Waals surface area (Å²) in [6.07, 6.45) is 0. The predicted octanol–water partition coefficient (Wildman–Crippen LogP) is 2.79. The average Bonchev–Trinajstić information content (AvgIpc) is 2.85. The number of anilines is 1. The van der Waals surface area contributed by atoms with Crippen molar-refractivity contribution in [3.63, 3.8) is 0 Å². The SMILES string of the molecule is O=C(O)c1ccc(NC(=O)c2ccc(Cl)o2)c([N+](=O)[O-])c1. The highest BCUT2D eigenvalue weighted by Gasteiger charge is 2.20. The maximum atomic E-state index is 11.8. The van der Waals surface area contributed by atoms with Gasteiger partial charge in [0.25, 0.3) is 11.6 Å². The number of rotatable bonds is 4. The first-order valence-electron chi connectivity index (χ1n) is 5.47. The number of halogens is 1. The lowest BCUT2D eigenvalue weighted by molar-refractivity contribution is -0.383. The van der Waals surface area contributed by atoms with Gasteiger partial charge in [-0.25, -0.2) is 4.79 Å². The molecule has 21 heavy (non-hydrogen) atoms. The van der Waals surface area contributed by atoms with Crippen LogP contribution in [0.3, 0.4) is 0 Å². The molecule has 9 heteroatoms. The van der Waals surface area contributed by atoms with Gasteiger partial charge in [0.2, 0.25) is 0 Å². The second-order valence-corrected chi connectivity index (χ2v) is 4.22. The first kappa shape index (κ1) is 14.5. The van der Waals surface area contributed by atoms with E-state index in [1.165, 1.54) is 12.1 Å². The fourth-order valence-corrected chi connectivity index (χ4v) is 1.69. The van der Waals surface area contributed by atoms with E-state index in [-0.39, 0.29) is 22.2 Å². The minimum Gasteiger partial charge on any atom is -0.478 e. The van der Waals surface area contributed by atoms with Gasteiger partial charge in [-0.05, 0) is 35.9 Å². The quantitative estimate of drug-likeness (QED) is 0.661. The molecule has 1 aromatic heterocycles. The van der Waals surface area contributed by atoms with Gasteiger partial charge in [-0.3, -0.25) is 14.9 Å². The Balaban J connectivity index is 2.33. The Bertz CT molecular complexity index is 739. The topological polar surface area (TPSA) is 123 Å². The van der Waals surface area contributed by atoms with Crippen molar-refractivity contribution in [1.29, 1.82) is 0 Å². The zero-order valence-corrected chi connectivity index (χ0v) is 11.0. The summed E-state index contributed by atoms with van der Waals surface area (Å²) in [6, 6.07) is 5.77. The lowest BCUT2D eigenvalue weighted by atomic mass is 10.1. The van der Waals surface area contributed by atoms with Crippen LogP contribution in [0.4, 0.5) is 11.4 Å². The number of hydrogen-bond acceptors (Lipinski definition) is 5. The predicted molar refractivity (Wildman–Crippen MR) is 71.7 cm³/mol. The molecule has 0 saturated carbocycles. The summed E-state index contributed by atoms with van der Waals surface area (Å²) in [4.78, 5) is 32.8. The fourth-order valence-electron chi connectivity index (χ4n) is 1.54. The summed E-state index contributed by atoms with van der Waals surface area (Å²) < 4.78 is 4.87. The molecule has 1 heterocycles. The molecule has 2 aromatic rings. The third kappa shape index (κ3) is 3.18. The normalized spacial score (nSPS) is 10.1. The van der Waals surface area contributed by atoms with Crippen LogP contribution >= 0.6 is 11.6 Å². The molecular weight excluding hydrogens is 304 g/mol. The van der Waals surface area contributed by atoms with Crippen molar-refractivity contribution in [2.45, 2.75) is 0 Å². The van der Waals surface area contributed by atoms with Crippen LogP contribution in [-0.4, -0.2) is 21.9 Å². The van der Waals surface area contributed by atoms with Gasteiger partial charge in [-0.1, -0.05) is 0 Å². The lowest BCUT2D eigenvalue weighted by Gasteiger charge is -2.05. The van der Waals surface area contributed by atoms with Crippen LogP contribution in [-0.2, 0) is 0 Å². The number of amides is 1. The molecule has 2 rings (SSSR count). The van der Waals surface area contributed by atoms with Crippen molar-refractivity contribution in [3.05, 3.63) is 57.0 Å². The molecule has 1 aromatic carbocycles. The molecule has 8 nitrogen and oxygen atoms in total. The van der Waals surface area contributed by atoms with Gasteiger partial charge < -0.3 is 14.8 Å². The molecule has 0 unspecified atom stereocenters. The summed E-state index contributed by atoms with van der Waals surface area (Å²) in [5, 5.41) is 22.0.